The predicted octanol–water partition coefficient (Wildman–Crippen LogP) is 1.46. The number of carbonyl (C=O) groups excluding carboxylic acids is 1. The number of nitrogens with one attached hydrogen (secondary N) is 1. The van der Waals surface area contributed by atoms with Crippen LogP contribution in [0, 0.1) is 0 Å². The minimum absolute atomic E-state index is 0.0440. The van der Waals surface area contributed by atoms with Crippen LogP contribution >= 0.6 is 0 Å². The zero-order chi connectivity index (χ0) is 17.4. The number of likely N-dealkylation sites (tertiary alicyclic amines) is 1. The van der Waals surface area contributed by atoms with Crippen LogP contribution in [0.4, 0.5) is 0 Å². The minimum Gasteiger partial charge on any atom is -0.486 e. The van der Waals surface area contributed by atoms with Crippen LogP contribution < -0.4 is 14.8 Å². The van der Waals surface area contributed by atoms with Gasteiger partial charge in [-0.1, -0.05) is 12.1 Å². The molecular weight excluding hydrogens is 318 g/mol. The van der Waals surface area contributed by atoms with E-state index in [0.29, 0.717) is 19.3 Å². The first kappa shape index (κ1) is 16.7. The molecule has 3 aliphatic heterocycles. The van der Waals surface area contributed by atoms with Crippen molar-refractivity contribution in [3.05, 3.63) is 24.3 Å². The maximum atomic E-state index is 12.5. The van der Waals surface area contributed by atoms with E-state index in [0.717, 1.165) is 44.0 Å². The zero-order valence-electron chi connectivity index (χ0n) is 15.0. The number of fused-ring (bicyclic) bond motifs is 1. The average Bonchev–Trinajstić information content (AvgIpc) is 2.93. The quantitative estimate of drug-likeness (QED) is 0.899. The van der Waals surface area contributed by atoms with Crippen molar-refractivity contribution in [2.24, 2.45) is 0 Å². The number of carbonyl (C=O) groups is 1. The molecule has 6 nitrogen and oxygen atoms in total. The molecule has 1 spiro atoms. The lowest BCUT2D eigenvalue weighted by Crippen LogP contribution is -2.58. The molecule has 1 N–H and O–H groups in total. The normalized spacial score (nSPS) is 26.2. The van der Waals surface area contributed by atoms with E-state index in [1.165, 1.54) is 0 Å². The van der Waals surface area contributed by atoms with Gasteiger partial charge in [-0.05, 0) is 38.8 Å². The molecule has 1 aromatic carbocycles. The summed E-state index contributed by atoms with van der Waals surface area (Å²) in [7, 11) is 0. The van der Waals surface area contributed by atoms with E-state index in [1.54, 1.807) is 0 Å². The fourth-order valence-electron chi connectivity index (χ4n) is 4.34. The van der Waals surface area contributed by atoms with Gasteiger partial charge in [-0.2, -0.15) is 0 Å². The highest BCUT2D eigenvalue weighted by molar-refractivity contribution is 5.88. The van der Waals surface area contributed by atoms with Crippen molar-refractivity contribution in [3.8, 4) is 11.5 Å². The van der Waals surface area contributed by atoms with Crippen molar-refractivity contribution >= 4 is 5.91 Å². The molecule has 2 fully saturated rings. The van der Waals surface area contributed by atoms with Crippen molar-refractivity contribution in [1.82, 2.24) is 15.1 Å². The summed E-state index contributed by atoms with van der Waals surface area (Å²) in [6.45, 7) is 8.26. The summed E-state index contributed by atoms with van der Waals surface area (Å²) in [5.74, 6) is 1.85. The van der Waals surface area contributed by atoms with Gasteiger partial charge < -0.3 is 14.8 Å². The van der Waals surface area contributed by atoms with Gasteiger partial charge in [-0.3, -0.25) is 14.6 Å². The molecule has 3 heterocycles. The van der Waals surface area contributed by atoms with Crippen LogP contribution in [-0.2, 0) is 4.79 Å². The third-order valence-electron chi connectivity index (χ3n) is 5.72. The number of benzene rings is 1. The van der Waals surface area contributed by atoms with Crippen LogP contribution in [0.2, 0.25) is 0 Å². The lowest BCUT2D eigenvalue weighted by Gasteiger charge is -2.44. The number of hydrogen-bond donors (Lipinski definition) is 1. The number of rotatable bonds is 3. The second-order valence-corrected chi connectivity index (χ2v) is 7.56. The second-order valence-electron chi connectivity index (χ2n) is 7.56. The fraction of sp³-hybridized carbons (Fsp3) is 0.632. The molecular formula is C19H27N3O3. The Morgan fingerprint density at radius 1 is 1.24 bits per heavy atom. The van der Waals surface area contributed by atoms with Gasteiger partial charge in [-0.15, -0.1) is 0 Å². The number of para-hydroxylation sites is 2. The molecule has 136 valence electrons. The number of hydrogen-bond acceptors (Lipinski definition) is 5. The maximum absolute atomic E-state index is 12.5. The van der Waals surface area contributed by atoms with Gasteiger partial charge in [0.25, 0.3) is 0 Å². The lowest BCUT2D eigenvalue weighted by atomic mass is 9.85. The SMILES string of the molecule is CC(C)N1CNC(=O)C12CCN(C[C@H]1COc3ccccc3O1)CC2. The molecule has 6 heteroatoms. The topological polar surface area (TPSA) is 54.0 Å². The molecule has 1 atom stereocenters. The van der Waals surface area contributed by atoms with E-state index >= 15 is 0 Å². The standard InChI is InChI=1S/C19H27N3O3/c1-14(2)22-13-20-18(23)19(22)7-9-21(10-8-19)11-15-12-24-16-5-3-4-6-17(16)25-15/h3-6,14-15H,7-13H2,1-2H3,(H,20,23)/t15-/m0/s1. The Morgan fingerprint density at radius 2 is 1.96 bits per heavy atom. The van der Waals surface area contributed by atoms with Gasteiger partial charge in [-0.25, -0.2) is 0 Å². The average molecular weight is 345 g/mol. The highest BCUT2D eigenvalue weighted by Gasteiger charge is 2.51. The first-order valence-corrected chi connectivity index (χ1v) is 9.24. The van der Waals surface area contributed by atoms with Crippen LogP contribution in [0.15, 0.2) is 24.3 Å². The van der Waals surface area contributed by atoms with Crippen LogP contribution in [0.5, 0.6) is 11.5 Å². The van der Waals surface area contributed by atoms with Crippen LogP contribution in [0.1, 0.15) is 26.7 Å². The summed E-state index contributed by atoms with van der Waals surface area (Å²) < 4.78 is 11.9. The van der Waals surface area contributed by atoms with Crippen molar-refractivity contribution in [1.29, 1.82) is 0 Å². The van der Waals surface area contributed by atoms with E-state index in [-0.39, 0.29) is 17.6 Å². The molecule has 4 rings (SSSR count). The smallest absolute Gasteiger partial charge is 0.241 e. The molecule has 1 amide bonds. The molecule has 0 aromatic heterocycles. The highest BCUT2D eigenvalue weighted by atomic mass is 16.6. The third kappa shape index (κ3) is 2.98. The first-order valence-electron chi connectivity index (χ1n) is 9.24. The lowest BCUT2D eigenvalue weighted by molar-refractivity contribution is -0.130. The molecule has 3 aliphatic rings. The summed E-state index contributed by atoms with van der Waals surface area (Å²) in [5, 5.41) is 3.04. The second kappa shape index (κ2) is 6.50. The molecule has 0 unspecified atom stereocenters. The third-order valence-corrected chi connectivity index (χ3v) is 5.72. The summed E-state index contributed by atoms with van der Waals surface area (Å²) in [6, 6.07) is 8.19. The van der Waals surface area contributed by atoms with Crippen molar-refractivity contribution in [2.75, 3.05) is 32.9 Å². The fourth-order valence-corrected chi connectivity index (χ4v) is 4.34. The molecule has 25 heavy (non-hydrogen) atoms. The van der Waals surface area contributed by atoms with Crippen molar-refractivity contribution in [2.45, 2.75) is 44.4 Å². The van der Waals surface area contributed by atoms with Crippen LogP contribution in [0.25, 0.3) is 0 Å². The number of ether oxygens (including phenoxy) is 2. The molecule has 0 radical (unpaired) electrons. The van der Waals surface area contributed by atoms with Gasteiger partial charge in [0.1, 0.15) is 18.2 Å². The molecule has 2 saturated heterocycles. The Balaban J connectivity index is 1.36. The Hall–Kier alpha value is -1.79. The zero-order valence-corrected chi connectivity index (χ0v) is 15.0. The van der Waals surface area contributed by atoms with Gasteiger partial charge in [0, 0.05) is 25.7 Å². The van der Waals surface area contributed by atoms with Gasteiger partial charge in [0.05, 0.1) is 6.67 Å². The van der Waals surface area contributed by atoms with E-state index in [4.69, 9.17) is 9.47 Å². The summed E-state index contributed by atoms with van der Waals surface area (Å²) in [5.41, 5.74) is -0.318. The van der Waals surface area contributed by atoms with E-state index in [1.807, 2.05) is 24.3 Å². The maximum Gasteiger partial charge on any atom is 0.241 e. The first-order chi connectivity index (χ1) is 12.1. The Labute approximate surface area is 149 Å². The predicted molar refractivity (Wildman–Crippen MR) is 94.7 cm³/mol. The molecule has 0 bridgehead atoms. The summed E-state index contributed by atoms with van der Waals surface area (Å²) >= 11 is 0. The van der Waals surface area contributed by atoms with Gasteiger partial charge in [0.15, 0.2) is 11.5 Å². The number of amides is 1. The molecule has 1 aromatic rings. The van der Waals surface area contributed by atoms with E-state index in [9.17, 15) is 4.79 Å². The molecule has 0 saturated carbocycles. The Kier molecular flexibility index (Phi) is 4.33. The summed E-state index contributed by atoms with van der Waals surface area (Å²) in [4.78, 5) is 17.2. The number of piperidine rings is 1. The largest absolute Gasteiger partial charge is 0.486 e. The number of nitrogens with zero attached hydrogens (tertiary/aromatic N) is 2. The van der Waals surface area contributed by atoms with Gasteiger partial charge in [0.2, 0.25) is 5.91 Å². The summed E-state index contributed by atoms with van der Waals surface area (Å²) in [6.07, 6.45) is 1.80. The molecule has 0 aliphatic carbocycles. The van der Waals surface area contributed by atoms with Gasteiger partial charge >= 0.3 is 0 Å². The Morgan fingerprint density at radius 3 is 2.68 bits per heavy atom. The minimum atomic E-state index is -0.318. The highest BCUT2D eigenvalue weighted by Crippen LogP contribution is 2.35. The Bertz CT molecular complexity index is 641. The monoisotopic (exact) mass is 345 g/mol. The van der Waals surface area contributed by atoms with Crippen LogP contribution in [-0.4, -0.2) is 66.3 Å². The van der Waals surface area contributed by atoms with E-state index < -0.39 is 0 Å². The van der Waals surface area contributed by atoms with E-state index in [2.05, 4.69) is 29.0 Å². The van der Waals surface area contributed by atoms with Crippen molar-refractivity contribution < 1.29 is 14.3 Å². The van der Waals surface area contributed by atoms with Crippen LogP contribution in [0.3, 0.4) is 0 Å². The van der Waals surface area contributed by atoms with Crippen molar-refractivity contribution in [3.63, 3.8) is 0 Å².